The van der Waals surface area contributed by atoms with Crippen LogP contribution in [0.5, 0.6) is 11.5 Å². The van der Waals surface area contributed by atoms with Crippen molar-refractivity contribution in [2.24, 2.45) is 0 Å². The van der Waals surface area contributed by atoms with Crippen LogP contribution in [-0.2, 0) is 6.61 Å². The molecule has 2 aromatic carbocycles. The van der Waals surface area contributed by atoms with Crippen molar-refractivity contribution in [3.05, 3.63) is 59.2 Å². The molecule has 0 radical (unpaired) electrons. The van der Waals surface area contributed by atoms with E-state index >= 15 is 0 Å². The lowest BCUT2D eigenvalue weighted by Gasteiger charge is -2.10. The number of methoxy groups -OCH3 is 1. The summed E-state index contributed by atoms with van der Waals surface area (Å²) in [6, 6.07) is 15.7. The molecule has 108 valence electrons. The van der Waals surface area contributed by atoms with Crippen LogP contribution in [0, 0.1) is 11.3 Å². The van der Waals surface area contributed by atoms with Gasteiger partial charge in [0, 0.05) is 0 Å². The van der Waals surface area contributed by atoms with E-state index in [4.69, 9.17) is 14.7 Å². The van der Waals surface area contributed by atoms with Gasteiger partial charge in [0.2, 0.25) is 0 Å². The highest BCUT2D eigenvalue weighted by molar-refractivity contribution is 5.45. The second kappa shape index (κ2) is 6.81. The Kier molecular flexibility index (Phi) is 4.84. The minimum Gasteiger partial charge on any atom is -0.495 e. The summed E-state index contributed by atoms with van der Waals surface area (Å²) in [5.74, 6) is 1.93. The Morgan fingerprint density at radius 1 is 1.10 bits per heavy atom. The highest BCUT2D eigenvalue weighted by Crippen LogP contribution is 2.22. The van der Waals surface area contributed by atoms with Crippen LogP contribution < -0.4 is 9.47 Å². The van der Waals surface area contributed by atoms with Gasteiger partial charge in [0.25, 0.3) is 0 Å². The van der Waals surface area contributed by atoms with Crippen LogP contribution in [0.2, 0.25) is 0 Å². The number of rotatable bonds is 5. The van der Waals surface area contributed by atoms with E-state index in [0.717, 1.165) is 11.3 Å². The summed E-state index contributed by atoms with van der Waals surface area (Å²) in [4.78, 5) is 0. The van der Waals surface area contributed by atoms with E-state index in [2.05, 4.69) is 32.0 Å². The molecule has 0 atom stereocenters. The van der Waals surface area contributed by atoms with Gasteiger partial charge in [0.05, 0.1) is 12.7 Å². The summed E-state index contributed by atoms with van der Waals surface area (Å²) in [6.45, 7) is 4.78. The third-order valence-electron chi connectivity index (χ3n) is 3.34. The van der Waals surface area contributed by atoms with Crippen molar-refractivity contribution in [2.45, 2.75) is 26.4 Å². The van der Waals surface area contributed by atoms with E-state index in [0.29, 0.717) is 23.8 Å². The average molecular weight is 281 g/mol. The zero-order chi connectivity index (χ0) is 15.2. The number of benzene rings is 2. The van der Waals surface area contributed by atoms with Crippen molar-refractivity contribution in [1.82, 2.24) is 0 Å². The van der Waals surface area contributed by atoms with Crippen LogP contribution >= 0.6 is 0 Å². The van der Waals surface area contributed by atoms with Crippen molar-refractivity contribution < 1.29 is 9.47 Å². The summed E-state index contributed by atoms with van der Waals surface area (Å²) < 4.78 is 11.0. The molecule has 0 aromatic heterocycles. The van der Waals surface area contributed by atoms with Gasteiger partial charge in [-0.3, -0.25) is 0 Å². The molecule has 0 unspecified atom stereocenters. The maximum atomic E-state index is 8.96. The van der Waals surface area contributed by atoms with Crippen LogP contribution in [0.4, 0.5) is 0 Å². The first-order valence-electron chi connectivity index (χ1n) is 6.94. The smallest absolute Gasteiger partial charge is 0.137 e. The predicted molar refractivity (Wildman–Crippen MR) is 82.6 cm³/mol. The highest BCUT2D eigenvalue weighted by Gasteiger charge is 2.05. The molecular formula is C18H19NO2. The van der Waals surface area contributed by atoms with E-state index in [1.807, 2.05) is 24.3 Å². The minimum absolute atomic E-state index is 0.448. The van der Waals surface area contributed by atoms with Gasteiger partial charge in [-0.1, -0.05) is 32.0 Å². The quantitative estimate of drug-likeness (QED) is 0.822. The second-order valence-electron chi connectivity index (χ2n) is 5.16. The van der Waals surface area contributed by atoms with E-state index in [1.165, 1.54) is 5.56 Å². The van der Waals surface area contributed by atoms with Gasteiger partial charge in [0.1, 0.15) is 24.2 Å². The van der Waals surface area contributed by atoms with Gasteiger partial charge in [-0.15, -0.1) is 0 Å². The first-order valence-corrected chi connectivity index (χ1v) is 6.94. The van der Waals surface area contributed by atoms with E-state index in [9.17, 15) is 0 Å². The normalized spacial score (nSPS) is 10.2. The molecule has 21 heavy (non-hydrogen) atoms. The molecule has 3 heteroatoms. The molecule has 0 fully saturated rings. The Bertz CT molecular complexity index is 639. The third kappa shape index (κ3) is 3.76. The summed E-state index contributed by atoms with van der Waals surface area (Å²) >= 11 is 0. The molecular weight excluding hydrogens is 262 g/mol. The maximum absolute atomic E-state index is 8.96. The Balaban J connectivity index is 2.04. The molecule has 0 amide bonds. The summed E-state index contributed by atoms with van der Waals surface area (Å²) in [5, 5.41) is 8.96. The fraction of sp³-hybridized carbons (Fsp3) is 0.278. The van der Waals surface area contributed by atoms with Gasteiger partial charge >= 0.3 is 0 Å². The Hall–Kier alpha value is -2.47. The van der Waals surface area contributed by atoms with Crippen molar-refractivity contribution >= 4 is 0 Å². The number of hydrogen-bond acceptors (Lipinski definition) is 3. The minimum atomic E-state index is 0.448. The molecule has 0 heterocycles. The van der Waals surface area contributed by atoms with Crippen LogP contribution in [0.3, 0.4) is 0 Å². The summed E-state index contributed by atoms with van der Waals surface area (Å²) in [7, 11) is 1.56. The number of nitrogens with zero attached hydrogens (tertiary/aromatic N) is 1. The zero-order valence-corrected chi connectivity index (χ0v) is 12.6. The number of nitriles is 1. The van der Waals surface area contributed by atoms with Gasteiger partial charge in [-0.05, 0) is 41.3 Å². The number of ether oxygens (including phenoxy) is 2. The zero-order valence-electron chi connectivity index (χ0n) is 12.6. The monoisotopic (exact) mass is 281 g/mol. The lowest BCUT2D eigenvalue weighted by atomic mass is 10.0. The van der Waals surface area contributed by atoms with E-state index in [-0.39, 0.29) is 0 Å². The van der Waals surface area contributed by atoms with Crippen molar-refractivity contribution in [2.75, 3.05) is 7.11 Å². The lowest BCUT2D eigenvalue weighted by molar-refractivity contribution is 0.305. The SMILES string of the molecule is COc1cc(COc2ccc(C(C)C)cc2)ccc1C#N. The molecule has 0 spiro atoms. The first kappa shape index (κ1) is 14.9. The molecule has 0 aliphatic carbocycles. The van der Waals surface area contributed by atoms with Crippen LogP contribution in [-0.4, -0.2) is 7.11 Å². The topological polar surface area (TPSA) is 42.2 Å². The Labute approximate surface area is 125 Å². The van der Waals surface area contributed by atoms with Gasteiger partial charge in [-0.25, -0.2) is 0 Å². The summed E-state index contributed by atoms with van der Waals surface area (Å²) in [5.41, 5.74) is 2.80. The lowest BCUT2D eigenvalue weighted by Crippen LogP contribution is -1.97. The first-order chi connectivity index (χ1) is 10.1. The molecule has 0 saturated carbocycles. The number of hydrogen-bond donors (Lipinski definition) is 0. The molecule has 0 N–H and O–H groups in total. The molecule has 2 rings (SSSR count). The Morgan fingerprint density at radius 3 is 2.38 bits per heavy atom. The fourth-order valence-electron chi connectivity index (χ4n) is 2.03. The predicted octanol–water partition coefficient (Wildman–Crippen LogP) is 4.27. The molecule has 0 bridgehead atoms. The van der Waals surface area contributed by atoms with Crippen molar-refractivity contribution in [1.29, 1.82) is 5.26 Å². The molecule has 0 saturated heterocycles. The fourth-order valence-corrected chi connectivity index (χ4v) is 2.03. The highest BCUT2D eigenvalue weighted by atomic mass is 16.5. The second-order valence-corrected chi connectivity index (χ2v) is 5.16. The largest absolute Gasteiger partial charge is 0.495 e. The van der Waals surface area contributed by atoms with Gasteiger partial charge in [-0.2, -0.15) is 5.26 Å². The van der Waals surface area contributed by atoms with Crippen LogP contribution in [0.1, 0.15) is 36.5 Å². The summed E-state index contributed by atoms with van der Waals surface area (Å²) in [6.07, 6.45) is 0. The standard InChI is InChI=1S/C18H19NO2/c1-13(2)15-6-8-17(9-7-15)21-12-14-4-5-16(11-19)18(10-14)20-3/h4-10,13H,12H2,1-3H3. The third-order valence-corrected chi connectivity index (χ3v) is 3.34. The van der Waals surface area contributed by atoms with Crippen LogP contribution in [0.15, 0.2) is 42.5 Å². The van der Waals surface area contributed by atoms with Gasteiger partial charge in [0.15, 0.2) is 0 Å². The maximum Gasteiger partial charge on any atom is 0.137 e. The van der Waals surface area contributed by atoms with Crippen molar-refractivity contribution in [3.63, 3.8) is 0 Å². The average Bonchev–Trinajstić information content (AvgIpc) is 2.52. The molecule has 2 aromatic rings. The Morgan fingerprint density at radius 2 is 1.81 bits per heavy atom. The molecule has 0 aliphatic rings. The van der Waals surface area contributed by atoms with Gasteiger partial charge < -0.3 is 9.47 Å². The molecule has 0 aliphatic heterocycles. The van der Waals surface area contributed by atoms with Crippen molar-refractivity contribution in [3.8, 4) is 17.6 Å². The van der Waals surface area contributed by atoms with E-state index < -0.39 is 0 Å². The molecule has 3 nitrogen and oxygen atoms in total. The van der Waals surface area contributed by atoms with Crippen LogP contribution in [0.25, 0.3) is 0 Å². The van der Waals surface area contributed by atoms with E-state index in [1.54, 1.807) is 13.2 Å².